The summed E-state index contributed by atoms with van der Waals surface area (Å²) < 4.78 is 68.9. The molecular formula is C28H34F3N3O4S. The topological polar surface area (TPSA) is 91.5 Å². The highest BCUT2D eigenvalue weighted by atomic mass is 32.2. The van der Waals surface area contributed by atoms with Crippen LogP contribution in [0.3, 0.4) is 0 Å². The van der Waals surface area contributed by atoms with E-state index in [-0.39, 0.29) is 52.2 Å². The summed E-state index contributed by atoms with van der Waals surface area (Å²) in [5.74, 6) is -1.09. The zero-order chi connectivity index (χ0) is 28.4. The van der Waals surface area contributed by atoms with Crippen molar-refractivity contribution in [3.63, 3.8) is 0 Å². The lowest BCUT2D eigenvalue weighted by atomic mass is 9.81. The summed E-state index contributed by atoms with van der Waals surface area (Å²) in [7, 11) is -1.54. The van der Waals surface area contributed by atoms with Gasteiger partial charge in [0.2, 0.25) is 5.91 Å². The molecule has 2 aromatic carbocycles. The van der Waals surface area contributed by atoms with E-state index in [0.717, 1.165) is 6.42 Å². The predicted octanol–water partition coefficient (Wildman–Crippen LogP) is 5.08. The fourth-order valence-corrected chi connectivity index (χ4v) is 7.03. The van der Waals surface area contributed by atoms with Gasteiger partial charge in [0.1, 0.15) is 0 Å². The largest absolute Gasteiger partial charge is 0.573 e. The van der Waals surface area contributed by atoms with E-state index in [2.05, 4.69) is 33.8 Å². The van der Waals surface area contributed by atoms with Crippen LogP contribution in [0.4, 0.5) is 13.2 Å². The summed E-state index contributed by atoms with van der Waals surface area (Å²) in [5, 5.41) is 3.51. The minimum Gasteiger partial charge on any atom is -0.404 e. The number of ether oxygens (including phenoxy) is 1. The van der Waals surface area contributed by atoms with Crippen molar-refractivity contribution in [3.8, 4) is 5.75 Å². The van der Waals surface area contributed by atoms with Gasteiger partial charge in [0.25, 0.3) is 0 Å². The monoisotopic (exact) mass is 565 g/mol. The molecule has 11 heteroatoms. The molecule has 1 saturated carbocycles. The molecule has 0 radical (unpaired) electrons. The fraction of sp³-hybridized carbons (Fsp3) is 0.464. The lowest BCUT2D eigenvalue weighted by Gasteiger charge is -2.41. The number of alkyl halides is 3. The summed E-state index contributed by atoms with van der Waals surface area (Å²) in [6.07, 6.45) is -2.88. The molecule has 0 spiro atoms. The standard InChI is InChI=1S/C28H34F3N3O4S/c1-18(2)34(3)22-12-13-24(20(15-22)17-39(36,37)23-9-5-4-6-10-23)33-26(35)16-21-14-19-8-7-11-25(27(19)32-21)38-28(29,30)31/h4-11,14,18,20,22,24,32H,12-13,15-17H2,1-3H3,(H,33,35)/t20-,22+,24+/m1/s1. The Balaban J connectivity index is 1.50. The molecule has 2 N–H and O–H groups in total. The zero-order valence-electron chi connectivity index (χ0n) is 22.2. The second-order valence-electron chi connectivity index (χ2n) is 10.5. The summed E-state index contributed by atoms with van der Waals surface area (Å²) in [4.78, 5) is 18.4. The molecule has 0 saturated heterocycles. The van der Waals surface area contributed by atoms with Crippen molar-refractivity contribution < 1.29 is 31.1 Å². The van der Waals surface area contributed by atoms with Crippen LogP contribution in [0, 0.1) is 5.92 Å². The number of halogens is 3. The molecule has 1 aliphatic rings. The molecule has 212 valence electrons. The van der Waals surface area contributed by atoms with E-state index in [1.54, 1.807) is 42.5 Å². The molecule has 39 heavy (non-hydrogen) atoms. The third kappa shape index (κ3) is 7.33. The van der Waals surface area contributed by atoms with Gasteiger partial charge in [-0.05, 0) is 70.3 Å². The quantitative estimate of drug-likeness (QED) is 0.378. The van der Waals surface area contributed by atoms with E-state index in [0.29, 0.717) is 30.0 Å². The van der Waals surface area contributed by atoms with Crippen LogP contribution in [-0.4, -0.2) is 61.5 Å². The van der Waals surface area contributed by atoms with Gasteiger partial charge in [-0.3, -0.25) is 4.79 Å². The highest BCUT2D eigenvalue weighted by Gasteiger charge is 2.37. The Morgan fingerprint density at radius 2 is 1.85 bits per heavy atom. The molecule has 0 bridgehead atoms. The first-order valence-electron chi connectivity index (χ1n) is 13.0. The van der Waals surface area contributed by atoms with Gasteiger partial charge in [0.15, 0.2) is 15.6 Å². The number of fused-ring (bicyclic) bond motifs is 1. The van der Waals surface area contributed by atoms with Crippen LogP contribution in [-0.2, 0) is 21.1 Å². The number of sulfone groups is 1. The number of H-pyrrole nitrogens is 1. The summed E-state index contributed by atoms with van der Waals surface area (Å²) in [6.45, 7) is 4.18. The molecule has 3 atom stereocenters. The number of nitrogens with zero attached hydrogens (tertiary/aromatic N) is 1. The van der Waals surface area contributed by atoms with Gasteiger partial charge in [-0.2, -0.15) is 0 Å². The van der Waals surface area contributed by atoms with E-state index in [1.807, 2.05) is 7.05 Å². The molecule has 4 rings (SSSR count). The predicted molar refractivity (Wildman–Crippen MR) is 143 cm³/mol. The minimum absolute atomic E-state index is 0.0884. The normalized spacial score (nSPS) is 20.5. The summed E-state index contributed by atoms with van der Waals surface area (Å²) in [5.41, 5.74) is 0.587. The number of carbonyl (C=O) groups excluding carboxylic acids is 1. The minimum atomic E-state index is -4.84. The Bertz CT molecular complexity index is 1390. The molecule has 3 aromatic rings. The maximum atomic E-state index is 13.2. The maximum Gasteiger partial charge on any atom is 0.573 e. The Labute approximate surface area is 226 Å². The molecule has 1 amide bonds. The van der Waals surface area contributed by atoms with E-state index in [9.17, 15) is 26.4 Å². The number of aromatic amines is 1. The lowest BCUT2D eigenvalue weighted by molar-refractivity contribution is -0.274. The van der Waals surface area contributed by atoms with Crippen LogP contribution in [0.1, 0.15) is 38.8 Å². The molecule has 1 aliphatic carbocycles. The molecule has 0 aliphatic heterocycles. The molecule has 1 fully saturated rings. The van der Waals surface area contributed by atoms with Crippen LogP contribution in [0.25, 0.3) is 10.9 Å². The molecule has 1 heterocycles. The van der Waals surface area contributed by atoms with E-state index in [4.69, 9.17) is 0 Å². The number of nitrogens with one attached hydrogen (secondary N) is 2. The number of hydrogen-bond donors (Lipinski definition) is 2. The zero-order valence-corrected chi connectivity index (χ0v) is 23.0. The highest BCUT2D eigenvalue weighted by Crippen LogP contribution is 2.32. The van der Waals surface area contributed by atoms with Crippen molar-refractivity contribution in [1.29, 1.82) is 0 Å². The average Bonchev–Trinajstić information content (AvgIpc) is 3.27. The van der Waals surface area contributed by atoms with Crippen LogP contribution in [0.15, 0.2) is 59.5 Å². The number of amides is 1. The smallest absolute Gasteiger partial charge is 0.404 e. The Morgan fingerprint density at radius 1 is 1.13 bits per heavy atom. The van der Waals surface area contributed by atoms with Gasteiger partial charge in [-0.25, -0.2) is 8.42 Å². The third-order valence-electron chi connectivity index (χ3n) is 7.48. The van der Waals surface area contributed by atoms with Gasteiger partial charge >= 0.3 is 6.36 Å². The summed E-state index contributed by atoms with van der Waals surface area (Å²) >= 11 is 0. The van der Waals surface area contributed by atoms with Gasteiger partial charge in [0.05, 0.1) is 22.6 Å². The third-order valence-corrected chi connectivity index (χ3v) is 9.34. The first-order chi connectivity index (χ1) is 18.3. The van der Waals surface area contributed by atoms with Crippen molar-refractivity contribution in [2.45, 2.75) is 68.9 Å². The van der Waals surface area contributed by atoms with Crippen LogP contribution < -0.4 is 10.1 Å². The SMILES string of the molecule is CC(C)N(C)[C@H]1CC[C@H](NC(=O)Cc2cc3cccc(OC(F)(F)F)c3[nH]2)[C@@H](CS(=O)(=O)c2ccccc2)C1. The number of aromatic nitrogens is 1. The van der Waals surface area contributed by atoms with Crippen molar-refractivity contribution in [2.24, 2.45) is 5.92 Å². The van der Waals surface area contributed by atoms with Crippen LogP contribution >= 0.6 is 0 Å². The van der Waals surface area contributed by atoms with Crippen molar-refractivity contribution in [3.05, 3.63) is 60.3 Å². The van der Waals surface area contributed by atoms with Gasteiger partial charge < -0.3 is 19.9 Å². The fourth-order valence-electron chi connectivity index (χ4n) is 5.33. The average molecular weight is 566 g/mol. The highest BCUT2D eigenvalue weighted by molar-refractivity contribution is 7.91. The maximum absolute atomic E-state index is 13.2. The molecular weight excluding hydrogens is 531 g/mol. The molecule has 1 aromatic heterocycles. The van der Waals surface area contributed by atoms with Crippen molar-refractivity contribution >= 4 is 26.6 Å². The first kappa shape index (κ1) is 28.9. The number of hydrogen-bond acceptors (Lipinski definition) is 5. The Morgan fingerprint density at radius 3 is 2.51 bits per heavy atom. The van der Waals surface area contributed by atoms with Crippen molar-refractivity contribution in [1.82, 2.24) is 15.2 Å². The molecule has 0 unspecified atom stereocenters. The van der Waals surface area contributed by atoms with Gasteiger partial charge in [-0.15, -0.1) is 13.2 Å². The summed E-state index contributed by atoms with van der Waals surface area (Å²) in [6, 6.07) is 14.3. The lowest BCUT2D eigenvalue weighted by Crippen LogP contribution is -2.51. The van der Waals surface area contributed by atoms with Gasteiger partial charge in [-0.1, -0.05) is 30.3 Å². The van der Waals surface area contributed by atoms with E-state index < -0.39 is 16.2 Å². The number of carbonyl (C=O) groups is 1. The second kappa shape index (κ2) is 11.6. The van der Waals surface area contributed by atoms with Gasteiger partial charge in [0, 0.05) is 29.2 Å². The number of rotatable bonds is 9. The molecule has 7 nitrogen and oxygen atoms in total. The second-order valence-corrected chi connectivity index (χ2v) is 12.5. The van der Waals surface area contributed by atoms with Crippen LogP contribution in [0.2, 0.25) is 0 Å². The Hall–Kier alpha value is -3.05. The van der Waals surface area contributed by atoms with Crippen molar-refractivity contribution in [2.75, 3.05) is 12.8 Å². The first-order valence-corrected chi connectivity index (χ1v) is 14.6. The van der Waals surface area contributed by atoms with E-state index >= 15 is 0 Å². The number of benzene rings is 2. The Kier molecular flexibility index (Phi) is 8.60. The number of para-hydroxylation sites is 1. The van der Waals surface area contributed by atoms with Crippen LogP contribution in [0.5, 0.6) is 5.75 Å². The van der Waals surface area contributed by atoms with E-state index in [1.165, 1.54) is 12.1 Å².